The summed E-state index contributed by atoms with van der Waals surface area (Å²) in [6.07, 6.45) is 4.47. The highest BCUT2D eigenvalue weighted by Crippen LogP contribution is 2.42. The Balaban J connectivity index is 3.00. The maximum atomic E-state index is 4.12. The summed E-state index contributed by atoms with van der Waals surface area (Å²) in [6, 6.07) is 9.44. The lowest BCUT2D eigenvalue weighted by Crippen LogP contribution is -2.28. The Hall–Kier alpha value is -1.30. The zero-order valence-corrected chi connectivity index (χ0v) is 20.6. The fraction of sp³-hybridized carbons (Fsp3) is 0.643. The van der Waals surface area contributed by atoms with Gasteiger partial charge in [-0.05, 0) is 72.3 Å². The molecule has 0 aliphatic carbocycles. The highest BCUT2D eigenvalue weighted by Gasteiger charge is 2.32. The van der Waals surface area contributed by atoms with Crippen molar-refractivity contribution < 1.29 is 0 Å². The van der Waals surface area contributed by atoms with Crippen molar-refractivity contribution >= 4 is 0 Å². The van der Waals surface area contributed by atoms with Crippen molar-refractivity contribution in [1.82, 2.24) is 0 Å². The molecule has 0 saturated carbocycles. The van der Waals surface area contributed by atoms with Crippen LogP contribution in [0.15, 0.2) is 48.6 Å². The molecule has 0 atom stereocenters. The molecule has 0 spiro atoms. The minimum Gasteiger partial charge on any atom is -0.100 e. The molecule has 0 saturated heterocycles. The maximum absolute atomic E-state index is 4.12. The van der Waals surface area contributed by atoms with E-state index in [4.69, 9.17) is 0 Å². The Morgan fingerprint density at radius 1 is 0.607 bits per heavy atom. The molecule has 0 fully saturated rings. The van der Waals surface area contributed by atoms with E-state index in [2.05, 4.69) is 107 Å². The van der Waals surface area contributed by atoms with Gasteiger partial charge in [-0.3, -0.25) is 0 Å². The maximum Gasteiger partial charge on any atom is -0.00984 e. The Labute approximate surface area is 176 Å². The standard InChI is InChI=1S/C28H46/c1-21(2)17-25(5,6)19-27(9,10)23-13-15-24(16-14-23)28(11,12)20-26(7,8)18-22(3)4/h13-16H,1,3,17-20H2,2,4-12H3. The minimum absolute atomic E-state index is 0.154. The van der Waals surface area contributed by atoms with Crippen LogP contribution in [0.1, 0.15) is 106 Å². The fourth-order valence-electron chi connectivity index (χ4n) is 5.73. The van der Waals surface area contributed by atoms with Crippen LogP contribution in [0.2, 0.25) is 0 Å². The molecule has 158 valence electrons. The van der Waals surface area contributed by atoms with Crippen LogP contribution in [0.25, 0.3) is 0 Å². The average molecular weight is 383 g/mol. The van der Waals surface area contributed by atoms with Crippen molar-refractivity contribution in [3.63, 3.8) is 0 Å². The zero-order valence-electron chi connectivity index (χ0n) is 20.6. The minimum atomic E-state index is 0.154. The quantitative estimate of drug-likeness (QED) is 0.354. The van der Waals surface area contributed by atoms with Crippen molar-refractivity contribution in [3.8, 4) is 0 Å². The number of hydrogen-bond acceptors (Lipinski definition) is 0. The van der Waals surface area contributed by atoms with E-state index < -0.39 is 0 Å². The van der Waals surface area contributed by atoms with E-state index in [1.54, 1.807) is 0 Å². The molecule has 28 heavy (non-hydrogen) atoms. The van der Waals surface area contributed by atoms with Gasteiger partial charge in [-0.15, -0.1) is 13.2 Å². The molecule has 1 aromatic carbocycles. The molecule has 0 heterocycles. The third kappa shape index (κ3) is 7.61. The first-order valence-electron chi connectivity index (χ1n) is 10.9. The number of allylic oxidation sites excluding steroid dienone is 2. The van der Waals surface area contributed by atoms with E-state index in [0.717, 1.165) is 25.7 Å². The van der Waals surface area contributed by atoms with Gasteiger partial charge in [-0.25, -0.2) is 0 Å². The monoisotopic (exact) mass is 382 g/mol. The average Bonchev–Trinajstić information content (AvgIpc) is 2.41. The molecule has 0 unspecified atom stereocenters. The van der Waals surface area contributed by atoms with Crippen molar-refractivity contribution in [3.05, 3.63) is 59.7 Å². The number of benzene rings is 1. The summed E-state index contributed by atoms with van der Waals surface area (Å²) in [7, 11) is 0. The summed E-state index contributed by atoms with van der Waals surface area (Å²) >= 11 is 0. The lowest BCUT2D eigenvalue weighted by Gasteiger charge is -2.37. The molecule has 0 bridgehead atoms. The van der Waals surface area contributed by atoms with Gasteiger partial charge in [-0.1, -0.05) is 90.8 Å². The second-order valence-corrected chi connectivity index (χ2v) is 12.3. The van der Waals surface area contributed by atoms with E-state index in [9.17, 15) is 0 Å². The van der Waals surface area contributed by atoms with Crippen molar-refractivity contribution in [1.29, 1.82) is 0 Å². The molecule has 0 N–H and O–H groups in total. The van der Waals surface area contributed by atoms with Gasteiger partial charge in [0.05, 0.1) is 0 Å². The molecule has 1 rings (SSSR count). The lowest BCUT2D eigenvalue weighted by atomic mass is 9.67. The van der Waals surface area contributed by atoms with Gasteiger partial charge in [-0.2, -0.15) is 0 Å². The molecule has 1 aromatic rings. The van der Waals surface area contributed by atoms with Gasteiger partial charge in [0.1, 0.15) is 0 Å². The molecule has 0 aromatic heterocycles. The predicted molar refractivity (Wildman–Crippen MR) is 128 cm³/mol. The summed E-state index contributed by atoms with van der Waals surface area (Å²) < 4.78 is 0. The molecule has 0 aliphatic rings. The fourth-order valence-corrected chi connectivity index (χ4v) is 5.73. The van der Waals surface area contributed by atoms with Crippen molar-refractivity contribution in [2.45, 2.75) is 106 Å². The second kappa shape index (κ2) is 8.60. The SMILES string of the molecule is C=C(C)CC(C)(C)CC(C)(C)c1ccc(C(C)(C)CC(C)(C)CC(=C)C)cc1. The molecular weight excluding hydrogens is 336 g/mol. The van der Waals surface area contributed by atoms with Crippen LogP contribution in [0.5, 0.6) is 0 Å². The largest absolute Gasteiger partial charge is 0.100 e. The smallest absolute Gasteiger partial charge is 0.00984 e. The van der Waals surface area contributed by atoms with E-state index in [0.29, 0.717) is 0 Å². The van der Waals surface area contributed by atoms with Crippen molar-refractivity contribution in [2.75, 3.05) is 0 Å². The lowest BCUT2D eigenvalue weighted by molar-refractivity contribution is 0.252. The molecular formula is C28H46. The molecule has 0 aliphatic heterocycles. The Morgan fingerprint density at radius 3 is 1.07 bits per heavy atom. The van der Waals surface area contributed by atoms with Gasteiger partial charge >= 0.3 is 0 Å². The van der Waals surface area contributed by atoms with Crippen LogP contribution in [0, 0.1) is 10.8 Å². The number of hydrogen-bond donors (Lipinski definition) is 0. The Kier molecular flexibility index (Phi) is 7.60. The zero-order chi connectivity index (χ0) is 22.0. The third-order valence-electron chi connectivity index (χ3n) is 5.85. The van der Waals surface area contributed by atoms with Crippen LogP contribution in [-0.4, -0.2) is 0 Å². The van der Waals surface area contributed by atoms with Gasteiger partial charge in [0.15, 0.2) is 0 Å². The van der Waals surface area contributed by atoms with Crippen LogP contribution in [0.4, 0.5) is 0 Å². The summed E-state index contributed by atoms with van der Waals surface area (Å²) in [5, 5.41) is 0. The van der Waals surface area contributed by atoms with Crippen LogP contribution >= 0.6 is 0 Å². The van der Waals surface area contributed by atoms with Gasteiger partial charge in [0, 0.05) is 0 Å². The van der Waals surface area contributed by atoms with Gasteiger partial charge in [0.2, 0.25) is 0 Å². The highest BCUT2D eigenvalue weighted by molar-refractivity contribution is 5.32. The molecule has 0 amide bonds. The highest BCUT2D eigenvalue weighted by atomic mass is 14.4. The predicted octanol–water partition coefficient (Wildman–Crippen LogP) is 9.01. The Bertz CT molecular complexity index is 616. The molecule has 0 nitrogen and oxygen atoms in total. The number of rotatable bonds is 10. The first-order chi connectivity index (χ1) is 12.5. The second-order valence-electron chi connectivity index (χ2n) is 12.3. The van der Waals surface area contributed by atoms with E-state index in [-0.39, 0.29) is 21.7 Å². The van der Waals surface area contributed by atoms with Gasteiger partial charge in [0.25, 0.3) is 0 Å². The summed E-state index contributed by atoms with van der Waals surface area (Å²) in [6.45, 7) is 31.5. The normalized spacial score (nSPS) is 13.5. The Morgan fingerprint density at radius 2 is 0.857 bits per heavy atom. The summed E-state index contributed by atoms with van der Waals surface area (Å²) in [4.78, 5) is 0. The first kappa shape index (κ1) is 24.7. The third-order valence-corrected chi connectivity index (χ3v) is 5.85. The van der Waals surface area contributed by atoms with E-state index in [1.807, 2.05) is 0 Å². The summed E-state index contributed by atoms with van der Waals surface area (Å²) in [5.74, 6) is 0. The molecule has 0 heteroatoms. The van der Waals surface area contributed by atoms with Gasteiger partial charge < -0.3 is 0 Å². The summed E-state index contributed by atoms with van der Waals surface area (Å²) in [5.41, 5.74) is 6.25. The van der Waals surface area contributed by atoms with E-state index in [1.165, 1.54) is 22.3 Å². The van der Waals surface area contributed by atoms with Crippen LogP contribution < -0.4 is 0 Å². The van der Waals surface area contributed by atoms with Crippen LogP contribution in [0.3, 0.4) is 0 Å². The first-order valence-corrected chi connectivity index (χ1v) is 10.9. The van der Waals surface area contributed by atoms with E-state index >= 15 is 0 Å². The van der Waals surface area contributed by atoms with Crippen molar-refractivity contribution in [2.24, 2.45) is 10.8 Å². The topological polar surface area (TPSA) is 0 Å². The molecule has 0 radical (unpaired) electrons. The van der Waals surface area contributed by atoms with Crippen LogP contribution in [-0.2, 0) is 10.8 Å².